The normalized spacial score (nSPS) is 16.3. The Morgan fingerprint density at radius 3 is 2.50 bits per heavy atom. The zero-order valence-corrected chi connectivity index (χ0v) is 12.1. The van der Waals surface area contributed by atoms with Crippen molar-refractivity contribution in [3.63, 3.8) is 0 Å². The van der Waals surface area contributed by atoms with E-state index in [0.29, 0.717) is 0 Å². The number of piperazine rings is 1. The molecule has 0 amide bonds. The molecule has 0 bridgehead atoms. The summed E-state index contributed by atoms with van der Waals surface area (Å²) in [7, 11) is 0. The van der Waals surface area contributed by atoms with Gasteiger partial charge in [-0.25, -0.2) is 4.98 Å². The number of thiazole rings is 1. The summed E-state index contributed by atoms with van der Waals surface area (Å²) >= 11 is 1.65. The summed E-state index contributed by atoms with van der Waals surface area (Å²) in [6, 6.07) is 7.81. The number of anilines is 1. The van der Waals surface area contributed by atoms with Gasteiger partial charge in [-0.2, -0.15) is 0 Å². The lowest BCUT2D eigenvalue weighted by Crippen LogP contribution is -2.46. The van der Waals surface area contributed by atoms with Gasteiger partial charge in [-0.1, -0.05) is 0 Å². The third-order valence-electron chi connectivity index (χ3n) is 3.64. The van der Waals surface area contributed by atoms with Gasteiger partial charge >= 0.3 is 0 Å². The smallest absolute Gasteiger partial charge is 0.150 e. The minimum atomic E-state index is 0.732. The van der Waals surface area contributed by atoms with Crippen molar-refractivity contribution in [1.29, 1.82) is 0 Å². The molecular weight excluding hydrogens is 270 g/mol. The summed E-state index contributed by atoms with van der Waals surface area (Å²) in [6.45, 7) is 5.08. The highest BCUT2D eigenvalue weighted by atomic mass is 32.1. The quantitative estimate of drug-likeness (QED) is 0.808. The first-order chi connectivity index (χ1) is 9.85. The van der Waals surface area contributed by atoms with E-state index in [4.69, 9.17) is 0 Å². The van der Waals surface area contributed by atoms with Crippen LogP contribution in [0, 0.1) is 0 Å². The molecule has 3 rings (SSSR count). The third kappa shape index (κ3) is 3.05. The summed E-state index contributed by atoms with van der Waals surface area (Å²) < 4.78 is 0. The van der Waals surface area contributed by atoms with Gasteiger partial charge in [0.25, 0.3) is 0 Å². The fraction of sp³-hybridized carbons (Fsp3) is 0.333. The molecule has 0 aliphatic carbocycles. The van der Waals surface area contributed by atoms with E-state index >= 15 is 0 Å². The third-order valence-corrected chi connectivity index (χ3v) is 4.27. The molecular formula is C15H17N3OS. The highest BCUT2D eigenvalue weighted by Crippen LogP contribution is 2.17. The molecule has 1 aliphatic heterocycles. The topological polar surface area (TPSA) is 36.4 Å². The highest BCUT2D eigenvalue weighted by molar-refractivity contribution is 7.07. The number of carbonyl (C=O) groups is 1. The number of hydrogen-bond donors (Lipinski definition) is 0. The Bertz CT molecular complexity index is 545. The van der Waals surface area contributed by atoms with Crippen LogP contribution < -0.4 is 4.90 Å². The maximum Gasteiger partial charge on any atom is 0.150 e. The van der Waals surface area contributed by atoms with Crippen molar-refractivity contribution < 1.29 is 4.79 Å². The second kappa shape index (κ2) is 6.15. The number of benzene rings is 1. The van der Waals surface area contributed by atoms with Crippen LogP contribution in [0.5, 0.6) is 0 Å². The molecule has 1 fully saturated rings. The maximum atomic E-state index is 10.7. The van der Waals surface area contributed by atoms with Crippen LogP contribution in [-0.4, -0.2) is 42.3 Å². The molecule has 0 unspecified atom stereocenters. The molecule has 0 N–H and O–H groups in total. The minimum absolute atomic E-state index is 0.732. The van der Waals surface area contributed by atoms with Crippen LogP contribution in [0.15, 0.2) is 35.2 Å². The molecule has 1 aromatic heterocycles. The van der Waals surface area contributed by atoms with Gasteiger partial charge in [0.1, 0.15) is 6.29 Å². The van der Waals surface area contributed by atoms with Gasteiger partial charge in [-0.15, -0.1) is 11.3 Å². The summed E-state index contributed by atoms with van der Waals surface area (Å²) in [5, 5.41) is 2.12. The fourth-order valence-electron chi connectivity index (χ4n) is 2.47. The van der Waals surface area contributed by atoms with E-state index in [1.54, 1.807) is 11.3 Å². The molecule has 2 heterocycles. The van der Waals surface area contributed by atoms with Crippen molar-refractivity contribution in [2.45, 2.75) is 6.54 Å². The van der Waals surface area contributed by atoms with E-state index in [9.17, 15) is 4.79 Å². The Morgan fingerprint density at radius 1 is 1.15 bits per heavy atom. The molecule has 1 aliphatic rings. The van der Waals surface area contributed by atoms with E-state index in [-0.39, 0.29) is 0 Å². The summed E-state index contributed by atoms with van der Waals surface area (Å²) in [4.78, 5) is 19.8. The highest BCUT2D eigenvalue weighted by Gasteiger charge is 2.17. The van der Waals surface area contributed by atoms with Gasteiger partial charge in [-0.05, 0) is 24.3 Å². The molecule has 1 saturated heterocycles. The van der Waals surface area contributed by atoms with Crippen molar-refractivity contribution in [2.75, 3.05) is 31.1 Å². The number of aromatic nitrogens is 1. The van der Waals surface area contributed by atoms with Crippen LogP contribution >= 0.6 is 11.3 Å². The number of hydrogen-bond acceptors (Lipinski definition) is 5. The molecule has 20 heavy (non-hydrogen) atoms. The van der Waals surface area contributed by atoms with Crippen LogP contribution in [0.3, 0.4) is 0 Å². The van der Waals surface area contributed by atoms with Crippen LogP contribution in [0.2, 0.25) is 0 Å². The second-order valence-corrected chi connectivity index (χ2v) is 5.67. The van der Waals surface area contributed by atoms with Gasteiger partial charge in [0.05, 0.1) is 11.2 Å². The predicted octanol–water partition coefficient (Wildman–Crippen LogP) is 2.28. The maximum absolute atomic E-state index is 10.7. The lowest BCUT2D eigenvalue weighted by atomic mass is 10.2. The van der Waals surface area contributed by atoms with Crippen molar-refractivity contribution in [3.05, 3.63) is 46.4 Å². The van der Waals surface area contributed by atoms with Gasteiger partial charge in [-0.3, -0.25) is 9.69 Å². The molecule has 2 aromatic rings. The van der Waals surface area contributed by atoms with Crippen molar-refractivity contribution in [2.24, 2.45) is 0 Å². The fourth-order valence-corrected chi connectivity index (χ4v) is 3.02. The van der Waals surface area contributed by atoms with Gasteiger partial charge in [0.2, 0.25) is 0 Å². The zero-order valence-electron chi connectivity index (χ0n) is 11.2. The summed E-state index contributed by atoms with van der Waals surface area (Å²) in [5.74, 6) is 0. The predicted molar refractivity (Wildman–Crippen MR) is 81.4 cm³/mol. The molecule has 0 radical (unpaired) electrons. The van der Waals surface area contributed by atoms with Crippen molar-refractivity contribution in [1.82, 2.24) is 9.88 Å². The molecule has 0 saturated carbocycles. The van der Waals surface area contributed by atoms with Crippen LogP contribution in [0.1, 0.15) is 16.1 Å². The average molecular weight is 287 g/mol. The Balaban J connectivity index is 1.56. The van der Waals surface area contributed by atoms with E-state index in [0.717, 1.165) is 44.6 Å². The van der Waals surface area contributed by atoms with Crippen LogP contribution in [-0.2, 0) is 6.54 Å². The SMILES string of the molecule is O=Cc1ccc(N2CCN(Cc3cscn3)CC2)cc1. The van der Waals surface area contributed by atoms with Gasteiger partial charge in [0.15, 0.2) is 0 Å². The van der Waals surface area contributed by atoms with Crippen LogP contribution in [0.4, 0.5) is 5.69 Å². The average Bonchev–Trinajstić information content (AvgIpc) is 3.01. The zero-order chi connectivity index (χ0) is 13.8. The molecule has 1 aromatic carbocycles. The Labute approximate surface area is 122 Å². The number of rotatable bonds is 4. The minimum Gasteiger partial charge on any atom is -0.369 e. The first kappa shape index (κ1) is 13.3. The standard InChI is InChI=1S/C15H17N3OS/c19-10-13-1-3-15(4-2-13)18-7-5-17(6-8-18)9-14-11-20-12-16-14/h1-4,10-12H,5-9H2. The first-order valence-corrected chi connectivity index (χ1v) is 7.69. The van der Waals surface area contributed by atoms with Gasteiger partial charge in [0, 0.05) is 49.4 Å². The Hall–Kier alpha value is -1.72. The van der Waals surface area contributed by atoms with Crippen LogP contribution in [0.25, 0.3) is 0 Å². The molecule has 0 atom stereocenters. The van der Waals surface area contributed by atoms with Gasteiger partial charge < -0.3 is 4.90 Å². The van der Waals surface area contributed by atoms with E-state index in [2.05, 4.69) is 20.2 Å². The number of carbonyl (C=O) groups excluding carboxylic acids is 1. The van der Waals surface area contributed by atoms with Crippen molar-refractivity contribution >= 4 is 23.3 Å². The Kier molecular flexibility index (Phi) is 4.08. The van der Waals surface area contributed by atoms with E-state index in [1.165, 1.54) is 11.4 Å². The number of aldehydes is 1. The largest absolute Gasteiger partial charge is 0.369 e. The molecule has 104 valence electrons. The molecule has 5 heteroatoms. The lowest BCUT2D eigenvalue weighted by molar-refractivity contribution is 0.112. The summed E-state index contributed by atoms with van der Waals surface area (Å²) in [6.07, 6.45) is 0.884. The van der Waals surface area contributed by atoms with Crippen molar-refractivity contribution in [3.8, 4) is 0 Å². The Morgan fingerprint density at radius 2 is 1.90 bits per heavy atom. The molecule has 4 nitrogen and oxygen atoms in total. The number of nitrogens with zero attached hydrogens (tertiary/aromatic N) is 3. The monoisotopic (exact) mass is 287 g/mol. The molecule has 0 spiro atoms. The van der Waals surface area contributed by atoms with E-state index in [1.807, 2.05) is 29.8 Å². The lowest BCUT2D eigenvalue weighted by Gasteiger charge is -2.35. The summed E-state index contributed by atoms with van der Waals surface area (Å²) in [5.41, 5.74) is 4.98. The van der Waals surface area contributed by atoms with E-state index < -0.39 is 0 Å². The second-order valence-electron chi connectivity index (χ2n) is 4.95. The first-order valence-electron chi connectivity index (χ1n) is 6.75.